The van der Waals surface area contributed by atoms with Gasteiger partial charge in [-0.2, -0.15) is 0 Å². The van der Waals surface area contributed by atoms with Crippen molar-refractivity contribution >= 4 is 5.97 Å². The Morgan fingerprint density at radius 2 is 1.67 bits per heavy atom. The Morgan fingerprint density at radius 3 is 2.12 bits per heavy atom. The van der Waals surface area contributed by atoms with Gasteiger partial charge in [0.1, 0.15) is 12.9 Å². The third-order valence-electron chi connectivity index (χ3n) is 5.30. The molecule has 0 bridgehead atoms. The number of benzene rings is 1. The summed E-state index contributed by atoms with van der Waals surface area (Å²) in [6.45, 7) is 15.2. The number of ether oxygens (including phenoxy) is 2. The number of hydrogen-bond acceptors (Lipinski definition) is 3. The van der Waals surface area contributed by atoms with Crippen molar-refractivity contribution in [2.24, 2.45) is 0 Å². The van der Waals surface area contributed by atoms with Gasteiger partial charge in [0.2, 0.25) is 0 Å². The van der Waals surface area contributed by atoms with Gasteiger partial charge in [0.25, 0.3) is 0 Å². The molecule has 0 heterocycles. The van der Waals surface area contributed by atoms with Gasteiger partial charge in [-0.3, -0.25) is 0 Å². The molecule has 0 amide bonds. The maximum Gasteiger partial charge on any atom is 0.347 e. The van der Waals surface area contributed by atoms with Crippen LogP contribution in [0.25, 0.3) is 0 Å². The van der Waals surface area contributed by atoms with Crippen molar-refractivity contribution in [3.63, 3.8) is 0 Å². The van der Waals surface area contributed by atoms with E-state index in [0.29, 0.717) is 6.42 Å². The molecular formula is C21H33O3. The fourth-order valence-electron chi connectivity index (χ4n) is 2.52. The van der Waals surface area contributed by atoms with E-state index in [2.05, 4.69) is 65.5 Å². The molecule has 0 saturated carbocycles. The van der Waals surface area contributed by atoms with Gasteiger partial charge < -0.3 is 9.47 Å². The third kappa shape index (κ3) is 4.52. The van der Waals surface area contributed by atoms with Crippen LogP contribution in [-0.4, -0.2) is 12.1 Å². The maximum absolute atomic E-state index is 11.8. The molecule has 0 saturated heterocycles. The number of rotatable bonds is 8. The largest absolute Gasteiger partial charge is 0.478 e. The van der Waals surface area contributed by atoms with E-state index in [1.54, 1.807) is 0 Å². The van der Waals surface area contributed by atoms with Crippen LogP contribution >= 0.6 is 0 Å². The summed E-state index contributed by atoms with van der Waals surface area (Å²) in [4.78, 5) is 11.8. The topological polar surface area (TPSA) is 35.5 Å². The first kappa shape index (κ1) is 20.5. The lowest BCUT2D eigenvalue weighted by Gasteiger charge is -2.31. The summed E-state index contributed by atoms with van der Waals surface area (Å²) in [5.74, 6) is 0.325. The lowest BCUT2D eigenvalue weighted by molar-refractivity contribution is -0.146. The van der Waals surface area contributed by atoms with Gasteiger partial charge in [0, 0.05) is 5.56 Å². The van der Waals surface area contributed by atoms with Crippen molar-refractivity contribution in [2.75, 3.05) is 0 Å². The molecule has 135 valence electrons. The molecule has 0 aromatic heterocycles. The van der Waals surface area contributed by atoms with Crippen LogP contribution < -0.4 is 4.74 Å². The lowest BCUT2D eigenvalue weighted by Crippen LogP contribution is -2.29. The van der Waals surface area contributed by atoms with Crippen molar-refractivity contribution < 1.29 is 14.3 Å². The fourth-order valence-corrected chi connectivity index (χ4v) is 2.52. The highest BCUT2D eigenvalue weighted by molar-refractivity contribution is 5.75. The molecule has 1 rings (SSSR count). The molecule has 0 spiro atoms. The van der Waals surface area contributed by atoms with E-state index in [0.717, 1.165) is 24.2 Å². The quantitative estimate of drug-likeness (QED) is 0.585. The first-order valence-corrected chi connectivity index (χ1v) is 8.90. The van der Waals surface area contributed by atoms with Gasteiger partial charge in [-0.15, -0.1) is 0 Å². The van der Waals surface area contributed by atoms with Gasteiger partial charge in [-0.05, 0) is 41.7 Å². The molecule has 3 heteroatoms. The SMILES string of the molecule is [CH2]OC(=O)C(CC)Oc1ccc(C(C)(C)CC)cc1C(C)(C)CC. The van der Waals surface area contributed by atoms with Crippen LogP contribution in [0.2, 0.25) is 0 Å². The van der Waals surface area contributed by atoms with E-state index >= 15 is 0 Å². The number of carbonyl (C=O) groups is 1. The average molecular weight is 333 g/mol. The van der Waals surface area contributed by atoms with E-state index in [9.17, 15) is 4.79 Å². The van der Waals surface area contributed by atoms with Gasteiger partial charge in [0.15, 0.2) is 6.10 Å². The van der Waals surface area contributed by atoms with Gasteiger partial charge >= 0.3 is 5.97 Å². The normalized spacial score (nSPS) is 13.5. The minimum absolute atomic E-state index is 0.0399. The molecule has 1 atom stereocenters. The molecule has 1 radical (unpaired) electrons. The Hall–Kier alpha value is -1.51. The van der Waals surface area contributed by atoms with Crippen molar-refractivity contribution in [2.45, 2.75) is 84.7 Å². The average Bonchev–Trinajstić information content (AvgIpc) is 2.58. The van der Waals surface area contributed by atoms with Crippen molar-refractivity contribution in [1.82, 2.24) is 0 Å². The summed E-state index contributed by atoms with van der Waals surface area (Å²) < 4.78 is 10.6. The zero-order valence-corrected chi connectivity index (χ0v) is 16.4. The monoisotopic (exact) mass is 333 g/mol. The molecule has 24 heavy (non-hydrogen) atoms. The third-order valence-corrected chi connectivity index (χ3v) is 5.30. The fraction of sp³-hybridized carbons (Fsp3) is 0.619. The molecule has 0 aliphatic heterocycles. The Labute approximate surface area is 147 Å². The van der Waals surface area contributed by atoms with Crippen LogP contribution in [0.15, 0.2) is 18.2 Å². The van der Waals surface area contributed by atoms with Crippen LogP contribution in [0.5, 0.6) is 5.75 Å². The first-order chi connectivity index (χ1) is 11.1. The predicted octanol–water partition coefficient (Wildman–Crippen LogP) is 5.55. The molecule has 3 nitrogen and oxygen atoms in total. The minimum Gasteiger partial charge on any atom is -0.478 e. The second kappa shape index (κ2) is 8.04. The first-order valence-electron chi connectivity index (χ1n) is 8.90. The molecule has 0 aliphatic rings. The van der Waals surface area contributed by atoms with E-state index in [-0.39, 0.29) is 10.8 Å². The number of hydrogen-bond donors (Lipinski definition) is 0. The highest BCUT2D eigenvalue weighted by atomic mass is 16.6. The maximum atomic E-state index is 11.8. The minimum atomic E-state index is -0.626. The summed E-state index contributed by atoms with van der Waals surface area (Å²) in [5, 5.41) is 0. The summed E-state index contributed by atoms with van der Waals surface area (Å²) in [7, 11) is 3.21. The second-order valence-electron chi connectivity index (χ2n) is 7.66. The zero-order valence-electron chi connectivity index (χ0n) is 16.4. The summed E-state index contributed by atoms with van der Waals surface area (Å²) in [6, 6.07) is 6.35. The highest BCUT2D eigenvalue weighted by Gasteiger charge is 2.28. The number of carbonyl (C=O) groups excluding carboxylic acids is 1. The Kier molecular flexibility index (Phi) is 6.88. The molecule has 1 unspecified atom stereocenters. The van der Waals surface area contributed by atoms with Crippen LogP contribution in [0.3, 0.4) is 0 Å². The van der Waals surface area contributed by atoms with Gasteiger partial charge in [0.05, 0.1) is 0 Å². The molecular weight excluding hydrogens is 300 g/mol. The van der Waals surface area contributed by atoms with E-state index in [4.69, 9.17) is 4.74 Å². The Morgan fingerprint density at radius 1 is 1.08 bits per heavy atom. The highest BCUT2D eigenvalue weighted by Crippen LogP contribution is 2.39. The van der Waals surface area contributed by atoms with Crippen molar-refractivity contribution in [1.29, 1.82) is 0 Å². The predicted molar refractivity (Wildman–Crippen MR) is 99.2 cm³/mol. The van der Waals surface area contributed by atoms with E-state index < -0.39 is 12.1 Å². The lowest BCUT2D eigenvalue weighted by atomic mass is 9.76. The number of esters is 1. The zero-order chi connectivity index (χ0) is 18.5. The molecule has 1 aromatic carbocycles. The summed E-state index contributed by atoms with van der Waals surface area (Å²) >= 11 is 0. The standard InChI is InChI=1S/C21H33O3/c1-9-17(19(22)23-8)24-18-13-12-15(20(4,5)10-2)14-16(18)21(6,7)11-3/h12-14,17H,8-11H2,1-7H3. The van der Waals surface area contributed by atoms with Crippen LogP contribution in [0.1, 0.15) is 78.9 Å². The Bertz CT molecular complexity index is 558. The second-order valence-corrected chi connectivity index (χ2v) is 7.66. The van der Waals surface area contributed by atoms with Crippen molar-refractivity contribution in [3.8, 4) is 5.75 Å². The van der Waals surface area contributed by atoms with Gasteiger partial charge in [-0.1, -0.05) is 60.6 Å². The van der Waals surface area contributed by atoms with Crippen LogP contribution in [-0.2, 0) is 20.4 Å². The van der Waals surface area contributed by atoms with Crippen molar-refractivity contribution in [3.05, 3.63) is 36.4 Å². The summed E-state index contributed by atoms with van der Waals surface area (Å²) in [5.41, 5.74) is 2.50. The molecule has 0 N–H and O–H groups in total. The molecule has 0 aliphatic carbocycles. The smallest absolute Gasteiger partial charge is 0.347 e. The van der Waals surface area contributed by atoms with Crippen LogP contribution in [0, 0.1) is 7.11 Å². The summed E-state index contributed by atoms with van der Waals surface area (Å²) in [6.07, 6.45) is 1.96. The molecule has 1 aromatic rings. The van der Waals surface area contributed by atoms with E-state index in [1.807, 2.05) is 13.0 Å². The van der Waals surface area contributed by atoms with Gasteiger partial charge in [-0.25, -0.2) is 4.79 Å². The Balaban J connectivity index is 3.37. The van der Waals surface area contributed by atoms with Crippen LogP contribution in [0.4, 0.5) is 0 Å². The van der Waals surface area contributed by atoms with E-state index in [1.165, 1.54) is 5.56 Å². The molecule has 0 fully saturated rings.